The molecule has 0 N–H and O–H groups in total. The number of imidazole rings is 1. The lowest BCUT2D eigenvalue weighted by molar-refractivity contribution is -0.128. The number of hydrogen-bond acceptors (Lipinski definition) is 4. The van der Waals surface area contributed by atoms with Crippen molar-refractivity contribution in [3.63, 3.8) is 0 Å². The molecule has 3 amide bonds. The number of carbonyl (C=O) groups excluding carboxylic acids is 2. The molecule has 26 heavy (non-hydrogen) atoms. The Morgan fingerprint density at radius 3 is 2.77 bits per heavy atom. The third kappa shape index (κ3) is 3.13. The molecule has 0 unspecified atom stereocenters. The number of amides is 3. The van der Waals surface area contributed by atoms with Gasteiger partial charge in [-0.3, -0.25) is 9.69 Å². The van der Waals surface area contributed by atoms with E-state index in [9.17, 15) is 9.59 Å². The smallest absolute Gasteiger partial charge is 0.321 e. The van der Waals surface area contributed by atoms with Crippen LogP contribution in [0.25, 0.3) is 11.0 Å². The van der Waals surface area contributed by atoms with Crippen LogP contribution in [0, 0.1) is 0 Å². The highest BCUT2D eigenvalue weighted by atomic mass is 35.5. The summed E-state index contributed by atoms with van der Waals surface area (Å²) in [5, 5.41) is 0.408. The van der Waals surface area contributed by atoms with E-state index in [2.05, 4.69) is 9.97 Å². The van der Waals surface area contributed by atoms with Gasteiger partial charge >= 0.3 is 6.03 Å². The summed E-state index contributed by atoms with van der Waals surface area (Å²) in [6.07, 6.45) is 3.26. The Hall–Kier alpha value is -2.93. The van der Waals surface area contributed by atoms with Crippen molar-refractivity contribution >= 4 is 34.6 Å². The number of carbonyl (C=O) groups is 2. The Morgan fingerprint density at radius 1 is 1.12 bits per heavy atom. The topological polar surface area (TPSA) is 71.3 Å². The van der Waals surface area contributed by atoms with Crippen molar-refractivity contribution in [3.8, 4) is 0 Å². The number of aromatic nitrogens is 3. The Morgan fingerprint density at radius 2 is 1.96 bits per heavy atom. The molecule has 8 heteroatoms. The van der Waals surface area contributed by atoms with E-state index >= 15 is 0 Å². The summed E-state index contributed by atoms with van der Waals surface area (Å²) in [5.74, 6) is -0.241. The fraction of sp³-hybridized carbons (Fsp3) is 0.222. The minimum Gasteiger partial charge on any atom is -0.321 e. The van der Waals surface area contributed by atoms with Crippen molar-refractivity contribution in [2.75, 3.05) is 13.1 Å². The number of halogens is 1. The lowest BCUT2D eigenvalue weighted by atomic mass is 10.3. The fourth-order valence-corrected chi connectivity index (χ4v) is 3.16. The van der Waals surface area contributed by atoms with Gasteiger partial charge in [-0.1, -0.05) is 29.8 Å². The first-order valence-electron chi connectivity index (χ1n) is 8.21. The molecule has 3 aromatic rings. The van der Waals surface area contributed by atoms with E-state index in [1.807, 2.05) is 30.3 Å². The number of fused-ring (bicyclic) bond motifs is 1. The maximum atomic E-state index is 12.6. The van der Waals surface area contributed by atoms with Crippen LogP contribution in [0.4, 0.5) is 4.79 Å². The molecule has 0 saturated carbocycles. The minimum absolute atomic E-state index is 0.0859. The molecule has 1 aliphatic heterocycles. The predicted octanol–water partition coefficient (Wildman–Crippen LogP) is 2.55. The highest BCUT2D eigenvalue weighted by molar-refractivity contribution is 6.29. The first-order valence-corrected chi connectivity index (χ1v) is 8.59. The van der Waals surface area contributed by atoms with Gasteiger partial charge in [-0.15, -0.1) is 0 Å². The Bertz CT molecular complexity index is 969. The molecule has 0 aliphatic carbocycles. The van der Waals surface area contributed by atoms with Gasteiger partial charge in [-0.05, 0) is 23.8 Å². The zero-order valence-corrected chi connectivity index (χ0v) is 14.6. The molecule has 132 valence electrons. The second-order valence-corrected chi connectivity index (χ2v) is 6.49. The summed E-state index contributed by atoms with van der Waals surface area (Å²) in [6.45, 7) is 1.37. The van der Waals surface area contributed by atoms with E-state index in [1.165, 1.54) is 4.90 Å². The van der Waals surface area contributed by atoms with Crippen LogP contribution in [-0.4, -0.2) is 49.4 Å². The molecule has 3 heterocycles. The van der Waals surface area contributed by atoms with Gasteiger partial charge in [-0.2, -0.15) is 0 Å². The number of benzene rings is 1. The Balaban J connectivity index is 1.44. The molecule has 0 spiro atoms. The lowest BCUT2D eigenvalue weighted by Gasteiger charge is -2.17. The van der Waals surface area contributed by atoms with Crippen LogP contribution < -0.4 is 0 Å². The average Bonchev–Trinajstić information content (AvgIpc) is 3.21. The van der Waals surface area contributed by atoms with Gasteiger partial charge in [0.05, 0.1) is 17.4 Å². The maximum Gasteiger partial charge on any atom is 0.327 e. The Labute approximate surface area is 154 Å². The van der Waals surface area contributed by atoms with E-state index < -0.39 is 0 Å². The number of pyridine rings is 1. The quantitative estimate of drug-likeness (QED) is 0.662. The monoisotopic (exact) mass is 369 g/mol. The molecule has 7 nitrogen and oxygen atoms in total. The standard InChI is InChI=1S/C18H16ClN5O2/c19-16-6-5-13(9-20-16)10-22-7-8-24(18(22)26)17(25)11-23-12-21-14-3-1-2-4-15(14)23/h1-6,9,12H,7-8,10-11H2. The molecule has 0 bridgehead atoms. The number of rotatable bonds is 4. The summed E-state index contributed by atoms with van der Waals surface area (Å²) < 4.78 is 1.76. The number of imide groups is 1. The van der Waals surface area contributed by atoms with Gasteiger partial charge in [0.25, 0.3) is 5.91 Å². The number of urea groups is 1. The van der Waals surface area contributed by atoms with Crippen molar-refractivity contribution in [1.29, 1.82) is 0 Å². The van der Waals surface area contributed by atoms with Crippen molar-refractivity contribution in [3.05, 3.63) is 59.6 Å². The number of nitrogens with zero attached hydrogens (tertiary/aromatic N) is 5. The molecule has 0 radical (unpaired) electrons. The van der Waals surface area contributed by atoms with Crippen molar-refractivity contribution in [1.82, 2.24) is 24.3 Å². The first kappa shape index (κ1) is 16.5. The maximum absolute atomic E-state index is 12.6. The van der Waals surface area contributed by atoms with Gasteiger partial charge in [0.15, 0.2) is 0 Å². The highest BCUT2D eigenvalue weighted by Crippen LogP contribution is 2.16. The number of hydrogen-bond donors (Lipinski definition) is 0. The summed E-state index contributed by atoms with van der Waals surface area (Å²) in [7, 11) is 0. The van der Waals surface area contributed by atoms with Crippen LogP contribution in [0.1, 0.15) is 5.56 Å². The van der Waals surface area contributed by atoms with Crippen molar-refractivity contribution in [2.45, 2.75) is 13.1 Å². The fourth-order valence-electron chi connectivity index (χ4n) is 3.05. The number of para-hydroxylation sites is 2. The van der Waals surface area contributed by atoms with Gasteiger partial charge in [0.2, 0.25) is 0 Å². The van der Waals surface area contributed by atoms with E-state index in [0.717, 1.165) is 16.6 Å². The third-order valence-electron chi connectivity index (χ3n) is 4.39. The molecule has 4 rings (SSSR count). The Kier molecular flexibility index (Phi) is 4.30. The second-order valence-electron chi connectivity index (χ2n) is 6.10. The highest BCUT2D eigenvalue weighted by Gasteiger charge is 2.33. The van der Waals surface area contributed by atoms with Crippen LogP contribution in [0.15, 0.2) is 48.9 Å². The molecular weight excluding hydrogens is 354 g/mol. The molecule has 1 aliphatic rings. The predicted molar refractivity (Wildman–Crippen MR) is 96.5 cm³/mol. The van der Waals surface area contributed by atoms with E-state index in [4.69, 9.17) is 11.6 Å². The normalized spacial score (nSPS) is 14.4. The van der Waals surface area contributed by atoms with Gasteiger partial charge in [0.1, 0.15) is 11.7 Å². The summed E-state index contributed by atoms with van der Waals surface area (Å²) in [5.41, 5.74) is 2.57. The third-order valence-corrected chi connectivity index (χ3v) is 4.61. The molecule has 0 atom stereocenters. The van der Waals surface area contributed by atoms with Crippen LogP contribution >= 0.6 is 11.6 Å². The minimum atomic E-state index is -0.283. The zero-order valence-electron chi connectivity index (χ0n) is 13.9. The van der Waals surface area contributed by atoms with E-state index in [-0.39, 0.29) is 18.5 Å². The van der Waals surface area contributed by atoms with Crippen LogP contribution in [0.3, 0.4) is 0 Å². The largest absolute Gasteiger partial charge is 0.327 e. The molecular formula is C18H16ClN5O2. The van der Waals surface area contributed by atoms with E-state index in [1.54, 1.807) is 28.1 Å². The van der Waals surface area contributed by atoms with Gasteiger partial charge < -0.3 is 9.47 Å². The average molecular weight is 370 g/mol. The van der Waals surface area contributed by atoms with Crippen LogP contribution in [0.2, 0.25) is 5.15 Å². The van der Waals surface area contributed by atoms with E-state index in [0.29, 0.717) is 24.8 Å². The lowest BCUT2D eigenvalue weighted by Crippen LogP contribution is -2.37. The molecule has 2 aromatic heterocycles. The van der Waals surface area contributed by atoms with Crippen LogP contribution in [0.5, 0.6) is 0 Å². The second kappa shape index (κ2) is 6.76. The van der Waals surface area contributed by atoms with Crippen molar-refractivity contribution in [2.24, 2.45) is 0 Å². The molecule has 1 fully saturated rings. The van der Waals surface area contributed by atoms with Gasteiger partial charge in [0, 0.05) is 25.8 Å². The summed E-state index contributed by atoms with van der Waals surface area (Å²) in [4.78, 5) is 36.4. The summed E-state index contributed by atoms with van der Waals surface area (Å²) in [6, 6.07) is 10.8. The van der Waals surface area contributed by atoms with Gasteiger partial charge in [-0.25, -0.2) is 14.8 Å². The molecule has 1 aromatic carbocycles. The van der Waals surface area contributed by atoms with Crippen LogP contribution in [-0.2, 0) is 17.9 Å². The molecule has 1 saturated heterocycles. The zero-order chi connectivity index (χ0) is 18.1. The first-order chi connectivity index (χ1) is 12.6. The SMILES string of the molecule is O=C(Cn1cnc2ccccc21)N1CCN(Cc2ccc(Cl)nc2)C1=O. The van der Waals surface area contributed by atoms with Crippen molar-refractivity contribution < 1.29 is 9.59 Å². The summed E-state index contributed by atoms with van der Waals surface area (Å²) >= 11 is 5.78.